The normalized spacial score (nSPS) is 10.4. The summed E-state index contributed by atoms with van der Waals surface area (Å²) in [6.07, 6.45) is 0. The van der Waals surface area contributed by atoms with Crippen molar-refractivity contribution < 1.29 is 14.1 Å². The molecule has 1 aromatic heterocycles. The Balaban J connectivity index is 2.38. The highest BCUT2D eigenvalue weighted by Crippen LogP contribution is 2.35. The summed E-state index contributed by atoms with van der Waals surface area (Å²) in [4.78, 5) is 9.59. The van der Waals surface area contributed by atoms with E-state index >= 15 is 0 Å². The molecule has 0 saturated carbocycles. The van der Waals surface area contributed by atoms with E-state index < -0.39 is 16.4 Å². The first-order valence-corrected chi connectivity index (χ1v) is 5.77. The second kappa shape index (κ2) is 5.01. The van der Waals surface area contributed by atoms with Gasteiger partial charge in [-0.1, -0.05) is 23.2 Å². The maximum Gasteiger partial charge on any atom is 0.306 e. The van der Waals surface area contributed by atoms with Crippen LogP contribution < -0.4 is 4.74 Å². The zero-order valence-corrected chi connectivity index (χ0v) is 10.6. The molecule has 1 heterocycles. The number of hydrogen-bond acceptors (Lipinski definition) is 6. The molecule has 0 amide bonds. The Bertz CT molecular complexity index is 622. The van der Waals surface area contributed by atoms with Crippen molar-refractivity contribution in [2.75, 3.05) is 0 Å². The molecule has 0 aliphatic heterocycles. The number of nitro groups is 1. The monoisotopic (exact) mass is 309 g/mol. The minimum absolute atomic E-state index is 0.00479. The smallest absolute Gasteiger partial charge is 0.306 e. The number of nitro benzene ring substituents is 1. The summed E-state index contributed by atoms with van der Waals surface area (Å²) in [7, 11) is 0. The van der Waals surface area contributed by atoms with Crippen LogP contribution in [0.1, 0.15) is 0 Å². The first-order valence-electron chi connectivity index (χ1n) is 4.28. The zero-order chi connectivity index (χ0) is 13.3. The summed E-state index contributed by atoms with van der Waals surface area (Å²) in [5.74, 6) is -1.25. The van der Waals surface area contributed by atoms with E-state index in [2.05, 4.69) is 8.75 Å². The van der Waals surface area contributed by atoms with Crippen molar-refractivity contribution in [2.45, 2.75) is 0 Å². The van der Waals surface area contributed by atoms with Crippen LogP contribution in [0.15, 0.2) is 12.1 Å². The molecule has 0 aliphatic carbocycles. The topological polar surface area (TPSA) is 78.2 Å². The molecule has 0 saturated heterocycles. The Morgan fingerprint density at radius 2 is 2.11 bits per heavy atom. The van der Waals surface area contributed by atoms with Crippen LogP contribution in [0.25, 0.3) is 0 Å². The molecule has 0 aliphatic rings. The van der Waals surface area contributed by atoms with E-state index in [4.69, 9.17) is 27.9 Å². The molecule has 0 spiro atoms. The fourth-order valence-corrected chi connectivity index (χ4v) is 1.88. The van der Waals surface area contributed by atoms with Crippen molar-refractivity contribution in [3.05, 3.63) is 38.2 Å². The number of aromatic nitrogens is 2. The van der Waals surface area contributed by atoms with Crippen molar-refractivity contribution in [3.8, 4) is 11.6 Å². The van der Waals surface area contributed by atoms with Crippen molar-refractivity contribution >= 4 is 40.6 Å². The lowest BCUT2D eigenvalue weighted by Gasteiger charge is -2.04. The van der Waals surface area contributed by atoms with Crippen LogP contribution in [0, 0.1) is 15.9 Å². The SMILES string of the molecule is O=[N+]([O-])c1cc(Cl)c(Oc2nsnc2Cl)cc1F. The quantitative estimate of drug-likeness (QED) is 0.638. The van der Waals surface area contributed by atoms with Gasteiger partial charge in [-0.15, -0.1) is 4.37 Å². The summed E-state index contributed by atoms with van der Waals surface area (Å²) >= 11 is 12.2. The lowest BCUT2D eigenvalue weighted by atomic mass is 10.3. The van der Waals surface area contributed by atoms with E-state index in [9.17, 15) is 14.5 Å². The average molecular weight is 310 g/mol. The highest BCUT2D eigenvalue weighted by Gasteiger charge is 2.20. The third-order valence-electron chi connectivity index (χ3n) is 1.83. The number of halogens is 3. The van der Waals surface area contributed by atoms with E-state index in [0.717, 1.165) is 23.9 Å². The number of ether oxygens (including phenoxy) is 1. The molecular weight excluding hydrogens is 308 g/mol. The Morgan fingerprint density at radius 3 is 2.67 bits per heavy atom. The Labute approximate surface area is 113 Å². The fourth-order valence-electron chi connectivity index (χ4n) is 1.07. The molecule has 0 atom stereocenters. The summed E-state index contributed by atoms with van der Waals surface area (Å²) in [6.45, 7) is 0. The minimum atomic E-state index is -1.07. The van der Waals surface area contributed by atoms with Crippen molar-refractivity contribution in [3.63, 3.8) is 0 Å². The Hall–Kier alpha value is -1.51. The van der Waals surface area contributed by atoms with Gasteiger partial charge >= 0.3 is 5.69 Å². The van der Waals surface area contributed by atoms with E-state index in [-0.39, 0.29) is 21.8 Å². The lowest BCUT2D eigenvalue weighted by molar-refractivity contribution is -0.387. The maximum absolute atomic E-state index is 13.4. The van der Waals surface area contributed by atoms with Gasteiger partial charge in [0.2, 0.25) is 11.0 Å². The molecule has 0 bridgehead atoms. The standard InChI is InChI=1S/C8H2Cl2FN3O3S/c9-3-1-5(14(15)16)4(11)2-6(3)17-8-7(10)12-18-13-8/h1-2H. The number of hydrogen-bond donors (Lipinski definition) is 0. The van der Waals surface area contributed by atoms with Crippen LogP contribution in [0.2, 0.25) is 10.2 Å². The predicted octanol–water partition coefficient (Wildman–Crippen LogP) is 3.68. The third-order valence-corrected chi connectivity index (χ3v) is 2.98. The Morgan fingerprint density at radius 1 is 1.39 bits per heavy atom. The predicted molar refractivity (Wildman–Crippen MR) is 63.1 cm³/mol. The van der Waals surface area contributed by atoms with Gasteiger partial charge < -0.3 is 4.74 Å². The molecule has 0 unspecified atom stereocenters. The summed E-state index contributed by atoms with van der Waals surface area (Å²) in [6, 6.07) is 1.63. The van der Waals surface area contributed by atoms with Crippen LogP contribution >= 0.6 is 34.9 Å². The summed E-state index contributed by atoms with van der Waals surface area (Å²) < 4.78 is 25.8. The molecule has 2 rings (SSSR count). The molecular formula is C8H2Cl2FN3O3S. The second-order valence-electron chi connectivity index (χ2n) is 2.95. The van der Waals surface area contributed by atoms with E-state index in [0.29, 0.717) is 0 Å². The van der Waals surface area contributed by atoms with Crippen LogP contribution in [0.5, 0.6) is 11.6 Å². The number of benzene rings is 1. The first kappa shape index (κ1) is 12.9. The van der Waals surface area contributed by atoms with Crippen LogP contribution in [-0.2, 0) is 0 Å². The van der Waals surface area contributed by atoms with Crippen LogP contribution in [0.4, 0.5) is 10.1 Å². The zero-order valence-electron chi connectivity index (χ0n) is 8.26. The molecule has 6 nitrogen and oxygen atoms in total. The van der Waals surface area contributed by atoms with Gasteiger partial charge in [0, 0.05) is 12.1 Å². The first-order chi connectivity index (χ1) is 8.49. The van der Waals surface area contributed by atoms with Gasteiger partial charge in [0.1, 0.15) is 0 Å². The van der Waals surface area contributed by atoms with E-state index in [1.165, 1.54) is 0 Å². The lowest BCUT2D eigenvalue weighted by Crippen LogP contribution is -1.94. The average Bonchev–Trinajstić information content (AvgIpc) is 2.69. The van der Waals surface area contributed by atoms with Gasteiger partial charge in [-0.2, -0.15) is 8.76 Å². The van der Waals surface area contributed by atoms with Crippen LogP contribution in [-0.4, -0.2) is 13.7 Å². The third kappa shape index (κ3) is 2.50. The molecule has 18 heavy (non-hydrogen) atoms. The maximum atomic E-state index is 13.4. The van der Waals surface area contributed by atoms with Crippen molar-refractivity contribution in [2.24, 2.45) is 0 Å². The summed E-state index contributed by atoms with van der Waals surface area (Å²) in [5, 5.41) is 10.3. The van der Waals surface area contributed by atoms with E-state index in [1.54, 1.807) is 0 Å². The fraction of sp³-hybridized carbons (Fsp3) is 0. The van der Waals surface area contributed by atoms with Gasteiger partial charge in [0.25, 0.3) is 5.88 Å². The highest BCUT2D eigenvalue weighted by atomic mass is 35.5. The molecule has 2 aromatic rings. The Kier molecular flexibility index (Phi) is 3.60. The van der Waals surface area contributed by atoms with Gasteiger partial charge in [-0.25, -0.2) is 0 Å². The number of rotatable bonds is 3. The number of nitrogens with zero attached hydrogens (tertiary/aromatic N) is 3. The highest BCUT2D eigenvalue weighted by molar-refractivity contribution is 6.99. The molecule has 0 fully saturated rings. The second-order valence-corrected chi connectivity index (χ2v) is 4.25. The molecule has 0 N–H and O–H groups in total. The van der Waals surface area contributed by atoms with Gasteiger partial charge in [-0.3, -0.25) is 10.1 Å². The van der Waals surface area contributed by atoms with Gasteiger partial charge in [0.15, 0.2) is 5.75 Å². The molecule has 94 valence electrons. The van der Waals surface area contributed by atoms with E-state index in [1.807, 2.05) is 0 Å². The molecule has 1 aromatic carbocycles. The molecule has 10 heteroatoms. The van der Waals surface area contributed by atoms with Crippen LogP contribution in [0.3, 0.4) is 0 Å². The molecule has 0 radical (unpaired) electrons. The minimum Gasteiger partial charge on any atom is -0.434 e. The van der Waals surface area contributed by atoms with Crippen molar-refractivity contribution in [1.82, 2.24) is 8.75 Å². The van der Waals surface area contributed by atoms with Crippen molar-refractivity contribution in [1.29, 1.82) is 0 Å². The summed E-state index contributed by atoms with van der Waals surface area (Å²) in [5.41, 5.74) is -0.741. The largest absolute Gasteiger partial charge is 0.434 e. The van der Waals surface area contributed by atoms with Gasteiger partial charge in [-0.05, 0) is 0 Å². The van der Waals surface area contributed by atoms with Gasteiger partial charge in [0.05, 0.1) is 21.7 Å².